The molecule has 0 bridgehead atoms. The first-order valence-corrected chi connectivity index (χ1v) is 11.9. The molecule has 1 aliphatic heterocycles. The highest BCUT2D eigenvalue weighted by Gasteiger charge is 2.30. The second kappa shape index (κ2) is 9.16. The number of rotatable bonds is 6. The van der Waals surface area contributed by atoms with Crippen molar-refractivity contribution in [2.45, 2.75) is 25.3 Å². The minimum atomic E-state index is -3.93. The summed E-state index contributed by atoms with van der Waals surface area (Å²) in [6, 6.07) is 15.0. The summed E-state index contributed by atoms with van der Waals surface area (Å²) < 4.78 is 32.6. The minimum absolute atomic E-state index is 0.0339. The van der Waals surface area contributed by atoms with Gasteiger partial charge in [0, 0.05) is 29.9 Å². The van der Waals surface area contributed by atoms with E-state index in [9.17, 15) is 18.0 Å². The number of nitrogens with one attached hydrogen (secondary N) is 1. The highest BCUT2D eigenvalue weighted by atomic mass is 32.2. The number of piperazine rings is 1. The van der Waals surface area contributed by atoms with Gasteiger partial charge >= 0.3 is 0 Å². The molecule has 1 aliphatic rings. The van der Waals surface area contributed by atoms with Gasteiger partial charge in [-0.05, 0) is 44.2 Å². The van der Waals surface area contributed by atoms with Gasteiger partial charge in [-0.15, -0.1) is 0 Å². The van der Waals surface area contributed by atoms with Crippen molar-refractivity contribution in [3.05, 3.63) is 77.2 Å². The maximum atomic E-state index is 13.6. The third-order valence-corrected chi connectivity index (χ3v) is 7.37. The predicted molar refractivity (Wildman–Crippen MR) is 121 cm³/mol. The Labute approximate surface area is 192 Å². The van der Waals surface area contributed by atoms with Crippen LogP contribution in [0, 0.1) is 13.8 Å². The highest BCUT2D eigenvalue weighted by Crippen LogP contribution is 2.25. The van der Waals surface area contributed by atoms with Gasteiger partial charge in [-0.3, -0.25) is 9.59 Å². The Morgan fingerprint density at radius 3 is 2.58 bits per heavy atom. The molecule has 3 aromatic rings. The number of hydrogen-bond acceptors (Lipinski definition) is 6. The van der Waals surface area contributed by atoms with E-state index < -0.39 is 10.0 Å². The van der Waals surface area contributed by atoms with E-state index in [0.29, 0.717) is 17.1 Å². The van der Waals surface area contributed by atoms with E-state index in [1.54, 1.807) is 24.8 Å². The summed E-state index contributed by atoms with van der Waals surface area (Å²) in [7, 11) is -3.93. The second-order valence-corrected chi connectivity index (χ2v) is 9.68. The predicted octanol–water partition coefficient (Wildman–Crippen LogP) is 2.26. The third-order valence-electron chi connectivity index (χ3n) is 5.53. The van der Waals surface area contributed by atoms with Crippen LogP contribution in [0.4, 0.5) is 5.69 Å². The quantitative estimate of drug-likeness (QED) is 0.594. The summed E-state index contributed by atoms with van der Waals surface area (Å²) in [6.45, 7) is 3.98. The van der Waals surface area contributed by atoms with Crippen LogP contribution in [-0.2, 0) is 21.4 Å². The molecule has 1 saturated heterocycles. The van der Waals surface area contributed by atoms with Crippen LogP contribution in [0.1, 0.15) is 27.4 Å². The number of amides is 2. The lowest BCUT2D eigenvalue weighted by Crippen LogP contribution is -2.49. The maximum Gasteiger partial charge on any atom is 0.258 e. The van der Waals surface area contributed by atoms with Crippen molar-refractivity contribution in [3.63, 3.8) is 0 Å². The molecule has 1 fully saturated rings. The zero-order valence-corrected chi connectivity index (χ0v) is 19.1. The van der Waals surface area contributed by atoms with E-state index in [1.165, 1.54) is 18.2 Å². The number of hydrogen-bond donors (Lipinski definition) is 1. The molecular formula is C23H24N4O5S. The number of aryl methyl sites for hydroxylation is 2. The van der Waals surface area contributed by atoms with Gasteiger partial charge in [-0.2, -0.15) is 4.31 Å². The fourth-order valence-electron chi connectivity index (χ4n) is 3.69. The SMILES string of the molecule is Cc1noc(C)c1CN(C(=O)c1cccc(S(=O)(=O)N2CCNC(=O)C2)c1)c1ccccc1. The van der Waals surface area contributed by atoms with Gasteiger partial charge in [-0.25, -0.2) is 8.42 Å². The van der Waals surface area contributed by atoms with Crippen LogP contribution < -0.4 is 10.2 Å². The summed E-state index contributed by atoms with van der Waals surface area (Å²) >= 11 is 0. The lowest BCUT2D eigenvalue weighted by atomic mass is 10.1. The van der Waals surface area contributed by atoms with Crippen LogP contribution in [0.15, 0.2) is 64.0 Å². The number of carbonyl (C=O) groups excluding carboxylic acids is 2. The van der Waals surface area contributed by atoms with E-state index in [1.807, 2.05) is 30.3 Å². The monoisotopic (exact) mass is 468 g/mol. The Morgan fingerprint density at radius 1 is 1.15 bits per heavy atom. The first-order valence-electron chi connectivity index (χ1n) is 10.4. The van der Waals surface area contributed by atoms with Crippen LogP contribution in [0.2, 0.25) is 0 Å². The normalized spacial score (nSPS) is 14.7. The summed E-state index contributed by atoms with van der Waals surface area (Å²) in [5.74, 6) is -0.109. The molecule has 10 heteroatoms. The molecule has 172 valence electrons. The van der Waals surface area contributed by atoms with Gasteiger partial charge in [0.05, 0.1) is 23.7 Å². The van der Waals surface area contributed by atoms with Gasteiger partial charge < -0.3 is 14.7 Å². The van der Waals surface area contributed by atoms with Crippen molar-refractivity contribution in [2.75, 3.05) is 24.5 Å². The molecular weight excluding hydrogens is 444 g/mol. The standard InChI is InChI=1S/C23H24N4O5S/c1-16-21(17(2)32-25-16)14-27(19-8-4-3-5-9-19)23(29)18-7-6-10-20(13-18)33(30,31)26-12-11-24-22(28)15-26/h3-10,13H,11-12,14-15H2,1-2H3,(H,24,28). The highest BCUT2D eigenvalue weighted by molar-refractivity contribution is 7.89. The first-order chi connectivity index (χ1) is 15.8. The van der Waals surface area contributed by atoms with Crippen molar-refractivity contribution >= 4 is 27.5 Å². The lowest BCUT2D eigenvalue weighted by Gasteiger charge is -2.26. The van der Waals surface area contributed by atoms with E-state index >= 15 is 0 Å². The second-order valence-electron chi connectivity index (χ2n) is 7.75. The number of para-hydroxylation sites is 1. The van der Waals surface area contributed by atoms with E-state index in [2.05, 4.69) is 10.5 Å². The molecule has 0 saturated carbocycles. The average Bonchev–Trinajstić information content (AvgIpc) is 3.14. The van der Waals surface area contributed by atoms with Crippen LogP contribution in [0.5, 0.6) is 0 Å². The Kier molecular flexibility index (Phi) is 6.30. The summed E-state index contributed by atoms with van der Waals surface area (Å²) in [5.41, 5.74) is 2.34. The van der Waals surface area contributed by atoms with Crippen LogP contribution in [-0.4, -0.2) is 49.3 Å². The fraction of sp³-hybridized carbons (Fsp3) is 0.261. The Balaban J connectivity index is 1.69. The average molecular weight is 469 g/mol. The largest absolute Gasteiger partial charge is 0.361 e. The maximum absolute atomic E-state index is 13.6. The zero-order valence-electron chi connectivity index (χ0n) is 18.3. The molecule has 2 amide bonds. The van der Waals surface area contributed by atoms with Gasteiger partial charge in [0.1, 0.15) is 5.76 Å². The Hall–Kier alpha value is -3.50. The number of benzene rings is 2. The number of sulfonamides is 1. The van der Waals surface area contributed by atoms with Crippen molar-refractivity contribution in [3.8, 4) is 0 Å². The minimum Gasteiger partial charge on any atom is -0.361 e. The molecule has 4 rings (SSSR count). The van der Waals surface area contributed by atoms with Crippen molar-refractivity contribution in [2.24, 2.45) is 0 Å². The summed E-state index contributed by atoms with van der Waals surface area (Å²) in [5, 5.41) is 6.58. The molecule has 2 heterocycles. The van der Waals surface area contributed by atoms with E-state index in [0.717, 1.165) is 9.87 Å². The van der Waals surface area contributed by atoms with Crippen LogP contribution in [0.25, 0.3) is 0 Å². The Morgan fingerprint density at radius 2 is 1.91 bits per heavy atom. The zero-order chi connectivity index (χ0) is 23.6. The van der Waals surface area contributed by atoms with Gasteiger partial charge in [-0.1, -0.05) is 29.4 Å². The molecule has 0 spiro atoms. The van der Waals surface area contributed by atoms with E-state index in [4.69, 9.17) is 4.52 Å². The molecule has 0 atom stereocenters. The summed E-state index contributed by atoms with van der Waals surface area (Å²) in [4.78, 5) is 26.8. The molecule has 33 heavy (non-hydrogen) atoms. The molecule has 1 aromatic heterocycles. The van der Waals surface area contributed by atoms with Crippen molar-refractivity contribution in [1.82, 2.24) is 14.8 Å². The van der Waals surface area contributed by atoms with Crippen LogP contribution >= 0.6 is 0 Å². The number of aromatic nitrogens is 1. The third kappa shape index (κ3) is 4.67. The molecule has 0 aliphatic carbocycles. The lowest BCUT2D eigenvalue weighted by molar-refractivity contribution is -0.122. The number of nitrogens with zero attached hydrogens (tertiary/aromatic N) is 3. The Bertz CT molecular complexity index is 1270. The fourth-order valence-corrected chi connectivity index (χ4v) is 5.13. The van der Waals surface area contributed by atoms with Gasteiger partial charge in [0.15, 0.2) is 0 Å². The molecule has 9 nitrogen and oxygen atoms in total. The smallest absolute Gasteiger partial charge is 0.258 e. The van der Waals surface area contributed by atoms with Gasteiger partial charge in [0.25, 0.3) is 5.91 Å². The molecule has 0 radical (unpaired) electrons. The number of anilines is 1. The van der Waals surface area contributed by atoms with Crippen molar-refractivity contribution < 1.29 is 22.5 Å². The van der Waals surface area contributed by atoms with E-state index in [-0.39, 0.29) is 48.5 Å². The molecule has 0 unspecified atom stereocenters. The topological polar surface area (TPSA) is 113 Å². The molecule has 1 N–H and O–H groups in total. The molecule has 2 aromatic carbocycles. The first kappa shape index (κ1) is 22.7. The van der Waals surface area contributed by atoms with Crippen molar-refractivity contribution in [1.29, 1.82) is 0 Å². The summed E-state index contributed by atoms with van der Waals surface area (Å²) in [6.07, 6.45) is 0. The van der Waals surface area contributed by atoms with Crippen LogP contribution in [0.3, 0.4) is 0 Å². The number of carbonyl (C=O) groups is 2. The van der Waals surface area contributed by atoms with Gasteiger partial charge in [0.2, 0.25) is 15.9 Å².